The van der Waals surface area contributed by atoms with Crippen molar-refractivity contribution < 1.29 is 17.6 Å². The molecule has 0 aliphatic carbocycles. The molecule has 1 aromatic carbocycles. The van der Waals surface area contributed by atoms with Crippen molar-refractivity contribution in [1.82, 2.24) is 9.88 Å². The first kappa shape index (κ1) is 17.3. The van der Waals surface area contributed by atoms with Gasteiger partial charge in [-0.05, 0) is 31.4 Å². The second-order valence-corrected chi connectivity index (χ2v) is 9.46. The minimum atomic E-state index is -2.99. The molecular formula is C18H23N3O4S. The third kappa shape index (κ3) is 3.30. The first-order chi connectivity index (χ1) is 12.4. The van der Waals surface area contributed by atoms with E-state index in [-0.39, 0.29) is 29.4 Å². The van der Waals surface area contributed by atoms with Gasteiger partial charge < -0.3 is 14.2 Å². The van der Waals surface area contributed by atoms with Crippen molar-refractivity contribution in [3.8, 4) is 0 Å². The molecule has 26 heavy (non-hydrogen) atoms. The van der Waals surface area contributed by atoms with Gasteiger partial charge >= 0.3 is 0 Å². The number of carbonyl (C=O) groups excluding carboxylic acids is 1. The molecule has 3 heterocycles. The quantitative estimate of drug-likeness (QED) is 0.809. The Balaban J connectivity index is 1.37. The predicted octanol–water partition coefficient (Wildman–Crippen LogP) is 1.69. The zero-order valence-electron chi connectivity index (χ0n) is 14.8. The summed E-state index contributed by atoms with van der Waals surface area (Å²) >= 11 is 0. The van der Waals surface area contributed by atoms with Gasteiger partial charge in [-0.15, -0.1) is 0 Å². The number of amides is 1. The number of para-hydroxylation sites is 2. The second-order valence-electron chi connectivity index (χ2n) is 7.23. The molecule has 4 rings (SSSR count). The highest BCUT2D eigenvalue weighted by Crippen LogP contribution is 2.28. The molecule has 1 unspecified atom stereocenters. The van der Waals surface area contributed by atoms with E-state index in [1.807, 2.05) is 24.3 Å². The lowest BCUT2D eigenvalue weighted by Gasteiger charge is -2.34. The number of piperidine rings is 1. The smallest absolute Gasteiger partial charge is 0.298 e. The van der Waals surface area contributed by atoms with E-state index in [2.05, 4.69) is 9.88 Å². The van der Waals surface area contributed by atoms with Crippen LogP contribution in [0.5, 0.6) is 0 Å². The summed E-state index contributed by atoms with van der Waals surface area (Å²) in [5.74, 6) is 0.274. The molecule has 1 atom stereocenters. The van der Waals surface area contributed by atoms with Gasteiger partial charge in [0.05, 0.1) is 11.5 Å². The minimum Gasteiger partial charge on any atom is -0.423 e. The van der Waals surface area contributed by atoms with E-state index in [1.165, 1.54) is 0 Å². The molecule has 2 aromatic rings. The first-order valence-electron chi connectivity index (χ1n) is 9.00. The third-order valence-electron chi connectivity index (χ3n) is 5.50. The number of anilines is 1. The predicted molar refractivity (Wildman–Crippen MR) is 98.8 cm³/mol. The number of sulfone groups is 1. The highest BCUT2D eigenvalue weighted by Gasteiger charge is 2.36. The van der Waals surface area contributed by atoms with Crippen LogP contribution < -0.4 is 4.90 Å². The number of hydrogen-bond acceptors (Lipinski definition) is 6. The van der Waals surface area contributed by atoms with E-state index < -0.39 is 9.84 Å². The van der Waals surface area contributed by atoms with Gasteiger partial charge in [0.1, 0.15) is 5.52 Å². The van der Waals surface area contributed by atoms with E-state index >= 15 is 0 Å². The molecule has 140 valence electrons. The van der Waals surface area contributed by atoms with Crippen LogP contribution in [0.25, 0.3) is 11.1 Å². The Kier molecular flexibility index (Phi) is 4.38. The summed E-state index contributed by atoms with van der Waals surface area (Å²) in [5.41, 5.74) is 1.60. The molecule has 1 aromatic heterocycles. The summed E-state index contributed by atoms with van der Waals surface area (Å²) in [6, 6.07) is 8.09. The van der Waals surface area contributed by atoms with Crippen molar-refractivity contribution in [2.45, 2.75) is 25.3 Å². The number of carbonyl (C=O) groups is 1. The standard InChI is InChI=1S/C18H23N3O4S/c1-20(14-8-11-26(23,24)12-14)17(22)13-6-9-21(10-7-13)18-19-15-4-2-3-5-16(15)25-18/h2-5,13-14H,6-12H2,1H3. The summed E-state index contributed by atoms with van der Waals surface area (Å²) in [6.45, 7) is 1.42. The number of fused-ring (bicyclic) bond motifs is 1. The van der Waals surface area contributed by atoms with Crippen LogP contribution in [0, 0.1) is 5.92 Å². The van der Waals surface area contributed by atoms with Crippen molar-refractivity contribution in [2.24, 2.45) is 5.92 Å². The molecule has 0 spiro atoms. The van der Waals surface area contributed by atoms with Gasteiger partial charge in [-0.1, -0.05) is 12.1 Å². The summed E-state index contributed by atoms with van der Waals surface area (Å²) in [4.78, 5) is 21.0. The lowest BCUT2D eigenvalue weighted by Crippen LogP contribution is -2.45. The number of benzene rings is 1. The highest BCUT2D eigenvalue weighted by atomic mass is 32.2. The van der Waals surface area contributed by atoms with E-state index in [0.717, 1.165) is 23.9 Å². The van der Waals surface area contributed by atoms with Crippen molar-refractivity contribution in [3.05, 3.63) is 24.3 Å². The molecule has 7 nitrogen and oxygen atoms in total. The molecule has 0 radical (unpaired) electrons. The van der Waals surface area contributed by atoms with E-state index in [1.54, 1.807) is 11.9 Å². The topological polar surface area (TPSA) is 83.7 Å². The molecule has 0 bridgehead atoms. The highest BCUT2D eigenvalue weighted by molar-refractivity contribution is 7.91. The van der Waals surface area contributed by atoms with Gasteiger partial charge in [0.2, 0.25) is 5.91 Å². The zero-order valence-corrected chi connectivity index (χ0v) is 15.6. The van der Waals surface area contributed by atoms with Crippen molar-refractivity contribution in [1.29, 1.82) is 0 Å². The van der Waals surface area contributed by atoms with Crippen molar-refractivity contribution in [2.75, 3.05) is 36.5 Å². The van der Waals surface area contributed by atoms with Crippen LogP contribution in [0.15, 0.2) is 28.7 Å². The lowest BCUT2D eigenvalue weighted by atomic mass is 9.95. The van der Waals surface area contributed by atoms with Gasteiger partial charge in [-0.25, -0.2) is 8.42 Å². The Morgan fingerprint density at radius 3 is 2.62 bits per heavy atom. The second kappa shape index (κ2) is 6.57. The van der Waals surface area contributed by atoms with Crippen LogP contribution in [0.3, 0.4) is 0 Å². The van der Waals surface area contributed by atoms with E-state index in [9.17, 15) is 13.2 Å². The number of rotatable bonds is 3. The molecule has 2 saturated heterocycles. The summed E-state index contributed by atoms with van der Waals surface area (Å²) < 4.78 is 29.1. The Morgan fingerprint density at radius 2 is 1.96 bits per heavy atom. The average Bonchev–Trinajstić information content (AvgIpc) is 3.23. The van der Waals surface area contributed by atoms with Gasteiger partial charge in [0, 0.05) is 32.1 Å². The fourth-order valence-electron chi connectivity index (χ4n) is 3.86. The molecule has 0 saturated carbocycles. The lowest BCUT2D eigenvalue weighted by molar-refractivity contribution is -0.136. The Labute approximate surface area is 152 Å². The van der Waals surface area contributed by atoms with Gasteiger partial charge in [0.15, 0.2) is 15.4 Å². The van der Waals surface area contributed by atoms with Gasteiger partial charge in [0.25, 0.3) is 6.01 Å². The zero-order chi connectivity index (χ0) is 18.3. The maximum Gasteiger partial charge on any atom is 0.298 e. The van der Waals surface area contributed by atoms with Crippen LogP contribution in [0.1, 0.15) is 19.3 Å². The molecule has 2 aliphatic heterocycles. The largest absolute Gasteiger partial charge is 0.423 e. The van der Waals surface area contributed by atoms with Crippen molar-refractivity contribution >= 4 is 32.9 Å². The van der Waals surface area contributed by atoms with Crippen LogP contribution in [-0.4, -0.2) is 61.9 Å². The number of oxazole rings is 1. The SMILES string of the molecule is CN(C(=O)C1CCN(c2nc3ccccc3o2)CC1)C1CCS(=O)(=O)C1. The molecule has 0 N–H and O–H groups in total. The third-order valence-corrected chi connectivity index (χ3v) is 7.25. The Hall–Kier alpha value is -2.09. The monoisotopic (exact) mass is 377 g/mol. The summed E-state index contributed by atoms with van der Waals surface area (Å²) in [5, 5.41) is 0. The first-order valence-corrected chi connectivity index (χ1v) is 10.8. The maximum atomic E-state index is 12.8. The Morgan fingerprint density at radius 1 is 1.23 bits per heavy atom. The van der Waals surface area contributed by atoms with Crippen LogP contribution >= 0.6 is 0 Å². The number of nitrogens with zero attached hydrogens (tertiary/aromatic N) is 3. The average molecular weight is 377 g/mol. The van der Waals surface area contributed by atoms with E-state index in [0.29, 0.717) is 25.5 Å². The maximum absolute atomic E-state index is 12.8. The van der Waals surface area contributed by atoms with Gasteiger partial charge in [-0.3, -0.25) is 4.79 Å². The van der Waals surface area contributed by atoms with Crippen LogP contribution in [0.4, 0.5) is 6.01 Å². The van der Waals surface area contributed by atoms with Crippen molar-refractivity contribution in [3.63, 3.8) is 0 Å². The molecule has 8 heteroatoms. The van der Waals surface area contributed by atoms with E-state index in [4.69, 9.17) is 4.42 Å². The fourth-order valence-corrected chi connectivity index (χ4v) is 5.64. The number of hydrogen-bond donors (Lipinski definition) is 0. The van der Waals surface area contributed by atoms with Gasteiger partial charge in [-0.2, -0.15) is 4.98 Å². The van der Waals surface area contributed by atoms with Crippen LogP contribution in [0.2, 0.25) is 0 Å². The normalized spacial score (nSPS) is 23.4. The molecular weight excluding hydrogens is 354 g/mol. The minimum absolute atomic E-state index is 0.0596. The van der Waals surface area contributed by atoms with Crippen LogP contribution in [-0.2, 0) is 14.6 Å². The molecule has 2 fully saturated rings. The summed E-state index contributed by atoms with van der Waals surface area (Å²) in [6.07, 6.45) is 2.00. The summed E-state index contributed by atoms with van der Waals surface area (Å²) in [7, 11) is -1.25. The molecule has 1 amide bonds. The number of aromatic nitrogens is 1. The molecule has 2 aliphatic rings. The Bertz CT molecular complexity index is 882. The fraction of sp³-hybridized carbons (Fsp3) is 0.556.